The Kier molecular flexibility index (Phi) is 7.70. The van der Waals surface area contributed by atoms with Gasteiger partial charge in [0, 0.05) is 11.1 Å². The lowest BCUT2D eigenvalue weighted by Crippen LogP contribution is -2.30. The molecule has 0 aliphatic heterocycles. The van der Waals surface area contributed by atoms with Crippen LogP contribution < -0.4 is 24.3 Å². The second-order valence-corrected chi connectivity index (χ2v) is 6.07. The average molecular weight is 403 g/mol. The Bertz CT molecular complexity index is 854. The number of esters is 1. The van der Waals surface area contributed by atoms with Gasteiger partial charge in [-0.2, -0.15) is 0 Å². The van der Waals surface area contributed by atoms with Gasteiger partial charge < -0.3 is 29.0 Å². The van der Waals surface area contributed by atoms with Gasteiger partial charge in [0.05, 0.1) is 28.4 Å². The molecule has 8 heteroatoms. The molecule has 0 bridgehead atoms. The van der Waals surface area contributed by atoms with Crippen LogP contribution in [0, 0.1) is 6.92 Å². The van der Waals surface area contributed by atoms with Crippen LogP contribution in [0.1, 0.15) is 21.5 Å². The quantitative estimate of drug-likeness (QED) is 0.643. The molecular weight excluding hydrogens is 378 g/mol. The first-order valence-corrected chi connectivity index (χ1v) is 8.80. The Morgan fingerprint density at radius 1 is 0.862 bits per heavy atom. The zero-order valence-corrected chi connectivity index (χ0v) is 17.2. The van der Waals surface area contributed by atoms with Gasteiger partial charge in [0.15, 0.2) is 11.5 Å². The predicted octanol–water partition coefficient (Wildman–Crippen LogP) is 2.50. The van der Waals surface area contributed by atoms with Crippen LogP contribution in [-0.2, 0) is 16.1 Å². The van der Waals surface area contributed by atoms with Crippen molar-refractivity contribution in [2.24, 2.45) is 0 Å². The van der Waals surface area contributed by atoms with Gasteiger partial charge in [0.2, 0.25) is 5.75 Å². The number of nitrogens with one attached hydrogen (secondary N) is 1. The summed E-state index contributed by atoms with van der Waals surface area (Å²) in [6.45, 7) is 1.69. The molecule has 0 atom stereocenters. The normalized spacial score (nSPS) is 10.1. The largest absolute Gasteiger partial charge is 0.496 e. The maximum atomic E-state index is 12.4. The highest BCUT2D eigenvalue weighted by Crippen LogP contribution is 2.38. The van der Waals surface area contributed by atoms with Crippen LogP contribution in [0.5, 0.6) is 23.0 Å². The van der Waals surface area contributed by atoms with Crippen LogP contribution in [-0.4, -0.2) is 46.9 Å². The third-order valence-corrected chi connectivity index (χ3v) is 4.14. The van der Waals surface area contributed by atoms with E-state index in [0.717, 1.165) is 11.1 Å². The van der Waals surface area contributed by atoms with Crippen LogP contribution in [0.3, 0.4) is 0 Å². The molecule has 0 saturated carbocycles. The molecule has 1 amide bonds. The van der Waals surface area contributed by atoms with E-state index >= 15 is 0 Å². The highest BCUT2D eigenvalue weighted by molar-refractivity contribution is 5.97. The van der Waals surface area contributed by atoms with Crippen molar-refractivity contribution in [2.45, 2.75) is 13.5 Å². The van der Waals surface area contributed by atoms with E-state index in [1.807, 2.05) is 25.1 Å². The molecule has 0 radical (unpaired) electrons. The maximum Gasteiger partial charge on any atom is 0.325 e. The van der Waals surface area contributed by atoms with Crippen LogP contribution in [0.2, 0.25) is 0 Å². The number of methoxy groups -OCH3 is 4. The summed E-state index contributed by atoms with van der Waals surface area (Å²) >= 11 is 0. The number of carbonyl (C=O) groups excluding carboxylic acids is 2. The molecule has 156 valence electrons. The fourth-order valence-corrected chi connectivity index (χ4v) is 2.70. The number of rotatable bonds is 9. The lowest BCUT2D eigenvalue weighted by Gasteiger charge is -2.14. The molecule has 0 aliphatic rings. The zero-order chi connectivity index (χ0) is 21.4. The van der Waals surface area contributed by atoms with Crippen molar-refractivity contribution in [3.63, 3.8) is 0 Å². The van der Waals surface area contributed by atoms with Crippen molar-refractivity contribution in [2.75, 3.05) is 35.0 Å². The molecule has 0 unspecified atom stereocenters. The highest BCUT2D eigenvalue weighted by Gasteiger charge is 2.18. The van der Waals surface area contributed by atoms with Crippen molar-refractivity contribution < 1.29 is 33.3 Å². The lowest BCUT2D eigenvalue weighted by atomic mass is 10.1. The summed E-state index contributed by atoms with van der Waals surface area (Å²) in [6, 6.07) is 8.59. The number of aryl methyl sites for hydroxylation is 1. The third-order valence-electron chi connectivity index (χ3n) is 4.14. The number of carbonyl (C=O) groups is 2. The summed E-state index contributed by atoms with van der Waals surface area (Å²) in [6.07, 6.45) is 0. The highest BCUT2D eigenvalue weighted by atomic mass is 16.5. The summed E-state index contributed by atoms with van der Waals surface area (Å²) in [5, 5.41) is 2.52. The topological polar surface area (TPSA) is 92.3 Å². The summed E-state index contributed by atoms with van der Waals surface area (Å²) in [4.78, 5) is 24.4. The maximum absolute atomic E-state index is 12.4. The van der Waals surface area contributed by atoms with Crippen molar-refractivity contribution in [1.29, 1.82) is 0 Å². The second-order valence-electron chi connectivity index (χ2n) is 6.07. The van der Waals surface area contributed by atoms with E-state index < -0.39 is 11.9 Å². The first-order valence-electron chi connectivity index (χ1n) is 8.80. The lowest BCUT2D eigenvalue weighted by molar-refractivity contribution is -0.143. The fraction of sp³-hybridized carbons (Fsp3) is 0.333. The smallest absolute Gasteiger partial charge is 0.325 e. The molecule has 2 aromatic rings. The molecule has 0 fully saturated rings. The van der Waals surface area contributed by atoms with E-state index in [0.29, 0.717) is 23.0 Å². The standard InChI is InChI=1S/C21H25NO7/c1-13-6-7-16(25-2)15(8-13)12-29-19(23)11-22-21(24)14-9-17(26-3)20(28-5)18(10-14)27-4/h6-10H,11-12H2,1-5H3,(H,22,24). The van der Waals surface area contributed by atoms with Gasteiger partial charge in [0.1, 0.15) is 18.9 Å². The first kappa shape index (κ1) is 21.9. The van der Waals surface area contributed by atoms with E-state index in [1.165, 1.54) is 33.5 Å². The van der Waals surface area contributed by atoms with Gasteiger partial charge in [0.25, 0.3) is 5.91 Å². The molecule has 0 saturated heterocycles. The number of amides is 1. The molecule has 1 N–H and O–H groups in total. The minimum absolute atomic E-state index is 0.0454. The van der Waals surface area contributed by atoms with Crippen molar-refractivity contribution >= 4 is 11.9 Å². The fourth-order valence-electron chi connectivity index (χ4n) is 2.70. The number of hydrogen-bond donors (Lipinski definition) is 1. The molecule has 0 aromatic heterocycles. The van der Waals surface area contributed by atoms with Crippen LogP contribution in [0.15, 0.2) is 30.3 Å². The monoisotopic (exact) mass is 403 g/mol. The molecule has 0 spiro atoms. The third kappa shape index (κ3) is 5.54. The van der Waals surface area contributed by atoms with Crippen molar-refractivity contribution in [3.8, 4) is 23.0 Å². The Balaban J connectivity index is 1.98. The first-order chi connectivity index (χ1) is 13.9. The Hall–Kier alpha value is -3.42. The summed E-state index contributed by atoms with van der Waals surface area (Å²) in [5.41, 5.74) is 2.03. The minimum atomic E-state index is -0.575. The average Bonchev–Trinajstić information content (AvgIpc) is 2.74. The number of ether oxygens (including phenoxy) is 5. The van der Waals surface area contributed by atoms with E-state index in [-0.39, 0.29) is 18.7 Å². The number of benzene rings is 2. The summed E-state index contributed by atoms with van der Waals surface area (Å²) in [7, 11) is 5.93. The molecule has 29 heavy (non-hydrogen) atoms. The van der Waals surface area contributed by atoms with Gasteiger partial charge in [-0.3, -0.25) is 9.59 Å². The zero-order valence-electron chi connectivity index (χ0n) is 17.2. The van der Waals surface area contributed by atoms with Gasteiger partial charge in [-0.25, -0.2) is 0 Å². The van der Waals surface area contributed by atoms with Gasteiger partial charge in [-0.05, 0) is 31.2 Å². The Labute approximate surface area is 169 Å². The molecule has 2 rings (SSSR count). The Morgan fingerprint density at radius 2 is 1.48 bits per heavy atom. The molecule has 8 nitrogen and oxygen atoms in total. The van der Waals surface area contributed by atoms with Gasteiger partial charge in [-0.15, -0.1) is 0 Å². The molecular formula is C21H25NO7. The molecule has 2 aromatic carbocycles. The van der Waals surface area contributed by atoms with Crippen LogP contribution >= 0.6 is 0 Å². The van der Waals surface area contributed by atoms with E-state index in [9.17, 15) is 9.59 Å². The van der Waals surface area contributed by atoms with E-state index in [4.69, 9.17) is 23.7 Å². The van der Waals surface area contributed by atoms with Crippen LogP contribution in [0.4, 0.5) is 0 Å². The van der Waals surface area contributed by atoms with E-state index in [1.54, 1.807) is 7.11 Å². The minimum Gasteiger partial charge on any atom is -0.496 e. The van der Waals surface area contributed by atoms with Gasteiger partial charge >= 0.3 is 5.97 Å². The molecule has 0 heterocycles. The molecule has 0 aliphatic carbocycles. The van der Waals surface area contributed by atoms with Crippen molar-refractivity contribution in [3.05, 3.63) is 47.0 Å². The van der Waals surface area contributed by atoms with Crippen molar-refractivity contribution in [1.82, 2.24) is 5.32 Å². The van der Waals surface area contributed by atoms with Crippen LogP contribution in [0.25, 0.3) is 0 Å². The van der Waals surface area contributed by atoms with Gasteiger partial charge in [-0.1, -0.05) is 11.6 Å². The van der Waals surface area contributed by atoms with E-state index in [2.05, 4.69) is 5.32 Å². The summed E-state index contributed by atoms with van der Waals surface area (Å²) < 4.78 is 26.2. The second kappa shape index (κ2) is 10.2. The predicted molar refractivity (Wildman–Crippen MR) is 106 cm³/mol. The Morgan fingerprint density at radius 3 is 2.03 bits per heavy atom. The SMILES string of the molecule is COc1ccc(C)cc1COC(=O)CNC(=O)c1cc(OC)c(OC)c(OC)c1. The number of hydrogen-bond acceptors (Lipinski definition) is 7. The summed E-state index contributed by atoms with van der Waals surface area (Å²) in [5.74, 6) is 0.629.